The fraction of sp³-hybridized carbons (Fsp3) is 0.130. The van der Waals surface area contributed by atoms with Gasteiger partial charge in [0.05, 0.1) is 10.6 Å². The minimum Gasteiger partial charge on any atom is -0.484 e. The molecule has 3 aromatic rings. The van der Waals surface area contributed by atoms with Gasteiger partial charge in [0, 0.05) is 11.4 Å². The third-order valence-electron chi connectivity index (χ3n) is 4.09. The molecule has 3 aromatic carbocycles. The molecular formula is C23H21ClN2O3. The summed E-state index contributed by atoms with van der Waals surface area (Å²) in [5.74, 6) is 0.0365. The number of benzene rings is 3. The molecule has 0 aliphatic heterocycles. The Morgan fingerprint density at radius 2 is 1.52 bits per heavy atom. The summed E-state index contributed by atoms with van der Waals surface area (Å²) in [6.45, 7) is 3.84. The van der Waals surface area contributed by atoms with Crippen LogP contribution >= 0.6 is 11.6 Å². The van der Waals surface area contributed by atoms with Crippen molar-refractivity contribution in [3.05, 3.63) is 88.4 Å². The number of halogens is 1. The van der Waals surface area contributed by atoms with Crippen molar-refractivity contribution in [1.29, 1.82) is 0 Å². The van der Waals surface area contributed by atoms with Gasteiger partial charge < -0.3 is 15.4 Å². The van der Waals surface area contributed by atoms with E-state index in [1.165, 1.54) is 0 Å². The van der Waals surface area contributed by atoms with Crippen LogP contribution in [0.3, 0.4) is 0 Å². The number of nitrogens with one attached hydrogen (secondary N) is 2. The quantitative estimate of drug-likeness (QED) is 0.587. The maximum Gasteiger partial charge on any atom is 0.262 e. The second kappa shape index (κ2) is 9.26. The molecule has 6 heteroatoms. The first-order valence-corrected chi connectivity index (χ1v) is 9.45. The Hall–Kier alpha value is -3.31. The van der Waals surface area contributed by atoms with E-state index in [4.69, 9.17) is 16.3 Å². The van der Waals surface area contributed by atoms with Crippen molar-refractivity contribution in [1.82, 2.24) is 0 Å². The van der Waals surface area contributed by atoms with Gasteiger partial charge in [0.15, 0.2) is 6.61 Å². The molecule has 0 atom stereocenters. The molecule has 0 bridgehead atoms. The largest absolute Gasteiger partial charge is 0.484 e. The van der Waals surface area contributed by atoms with E-state index in [-0.39, 0.29) is 18.4 Å². The number of rotatable bonds is 6. The average Bonchev–Trinajstić information content (AvgIpc) is 2.66. The summed E-state index contributed by atoms with van der Waals surface area (Å²) in [5.41, 5.74) is 3.62. The highest BCUT2D eigenvalue weighted by Gasteiger charge is 2.11. The lowest BCUT2D eigenvalue weighted by molar-refractivity contribution is -0.118. The van der Waals surface area contributed by atoms with Crippen molar-refractivity contribution in [2.45, 2.75) is 13.8 Å². The molecule has 0 radical (unpaired) electrons. The van der Waals surface area contributed by atoms with Gasteiger partial charge in [-0.3, -0.25) is 9.59 Å². The predicted octanol–water partition coefficient (Wildman–Crippen LogP) is 5.23. The minimum absolute atomic E-state index is 0.112. The number of aryl methyl sites for hydroxylation is 2. The van der Waals surface area contributed by atoms with Crippen molar-refractivity contribution in [2.75, 3.05) is 17.2 Å². The lowest BCUT2D eigenvalue weighted by Gasteiger charge is -2.11. The van der Waals surface area contributed by atoms with Crippen molar-refractivity contribution in [3.8, 4) is 5.75 Å². The molecule has 2 N–H and O–H groups in total. The smallest absolute Gasteiger partial charge is 0.262 e. The number of hydrogen-bond donors (Lipinski definition) is 2. The zero-order valence-corrected chi connectivity index (χ0v) is 16.9. The Morgan fingerprint density at radius 3 is 2.21 bits per heavy atom. The molecule has 0 aliphatic rings. The van der Waals surface area contributed by atoms with Gasteiger partial charge in [-0.2, -0.15) is 0 Å². The van der Waals surface area contributed by atoms with Crippen molar-refractivity contribution in [2.24, 2.45) is 0 Å². The SMILES string of the molecule is Cc1cc(C)cc(OCC(=O)Nc2cccc(NC(=O)c3ccccc3Cl)c2)c1. The van der Waals surface area contributed by atoms with Gasteiger partial charge in [-0.1, -0.05) is 35.9 Å². The van der Waals surface area contributed by atoms with E-state index >= 15 is 0 Å². The fourth-order valence-corrected chi connectivity index (χ4v) is 3.10. The number of ether oxygens (including phenoxy) is 1. The summed E-state index contributed by atoms with van der Waals surface area (Å²) >= 11 is 6.06. The first-order valence-electron chi connectivity index (χ1n) is 9.07. The average molecular weight is 409 g/mol. The number of hydrogen-bond acceptors (Lipinski definition) is 3. The molecule has 0 heterocycles. The predicted molar refractivity (Wildman–Crippen MR) is 116 cm³/mol. The summed E-state index contributed by atoms with van der Waals surface area (Å²) < 4.78 is 5.57. The number of amides is 2. The summed E-state index contributed by atoms with van der Waals surface area (Å²) in [6.07, 6.45) is 0. The van der Waals surface area contributed by atoms with Crippen molar-refractivity contribution >= 4 is 34.8 Å². The van der Waals surface area contributed by atoms with Gasteiger partial charge in [-0.05, 0) is 67.4 Å². The van der Waals surface area contributed by atoms with E-state index in [1.54, 1.807) is 48.5 Å². The third-order valence-corrected chi connectivity index (χ3v) is 4.42. The van der Waals surface area contributed by atoms with Crippen molar-refractivity contribution < 1.29 is 14.3 Å². The standard InChI is InChI=1S/C23H21ClN2O3/c1-15-10-16(2)12-19(11-15)29-14-22(27)25-17-6-5-7-18(13-17)26-23(28)20-8-3-4-9-21(20)24/h3-13H,14H2,1-2H3,(H,25,27)(H,26,28). The Labute approximate surface area is 174 Å². The number of carbonyl (C=O) groups excluding carboxylic acids is 2. The molecule has 0 aliphatic carbocycles. The van der Waals surface area contributed by atoms with E-state index in [9.17, 15) is 9.59 Å². The second-order valence-corrected chi connectivity index (χ2v) is 7.08. The summed E-state index contributed by atoms with van der Waals surface area (Å²) in [7, 11) is 0. The van der Waals surface area contributed by atoms with Crippen LogP contribution in [0, 0.1) is 13.8 Å². The minimum atomic E-state index is -0.322. The summed E-state index contributed by atoms with van der Waals surface area (Å²) in [4.78, 5) is 24.6. The molecule has 5 nitrogen and oxygen atoms in total. The highest BCUT2D eigenvalue weighted by molar-refractivity contribution is 6.34. The summed E-state index contributed by atoms with van der Waals surface area (Å²) in [5, 5.41) is 5.92. The Bertz CT molecular complexity index is 1030. The zero-order valence-electron chi connectivity index (χ0n) is 16.2. The van der Waals surface area contributed by atoms with Crippen LogP contribution in [-0.4, -0.2) is 18.4 Å². The van der Waals surface area contributed by atoms with Crippen LogP contribution in [0.2, 0.25) is 5.02 Å². The van der Waals surface area contributed by atoms with Crippen LogP contribution in [0.4, 0.5) is 11.4 Å². The molecular weight excluding hydrogens is 388 g/mol. The molecule has 3 rings (SSSR count). The third kappa shape index (κ3) is 5.83. The van der Waals surface area contributed by atoms with Gasteiger partial charge in [-0.25, -0.2) is 0 Å². The van der Waals surface area contributed by atoms with Gasteiger partial charge in [0.2, 0.25) is 0 Å². The van der Waals surface area contributed by atoms with Gasteiger partial charge in [0.25, 0.3) is 11.8 Å². The van der Waals surface area contributed by atoms with Crippen LogP contribution in [-0.2, 0) is 4.79 Å². The molecule has 0 saturated heterocycles. The molecule has 148 valence electrons. The topological polar surface area (TPSA) is 67.4 Å². The second-order valence-electron chi connectivity index (χ2n) is 6.68. The van der Waals surface area contributed by atoms with Crippen LogP contribution in [0.1, 0.15) is 21.5 Å². The molecule has 29 heavy (non-hydrogen) atoms. The van der Waals surface area contributed by atoms with Gasteiger partial charge in [-0.15, -0.1) is 0 Å². The molecule has 0 unspecified atom stereocenters. The molecule has 0 aromatic heterocycles. The van der Waals surface area contributed by atoms with E-state index in [0.717, 1.165) is 11.1 Å². The van der Waals surface area contributed by atoms with Crippen LogP contribution in [0.15, 0.2) is 66.7 Å². The molecule has 0 spiro atoms. The van der Waals surface area contributed by atoms with E-state index in [1.807, 2.05) is 32.0 Å². The van der Waals surface area contributed by atoms with Gasteiger partial charge >= 0.3 is 0 Å². The van der Waals surface area contributed by atoms with Crippen LogP contribution in [0.5, 0.6) is 5.75 Å². The Kier molecular flexibility index (Phi) is 6.52. The fourth-order valence-electron chi connectivity index (χ4n) is 2.88. The van der Waals surface area contributed by atoms with Gasteiger partial charge in [0.1, 0.15) is 5.75 Å². The highest BCUT2D eigenvalue weighted by Crippen LogP contribution is 2.20. The lowest BCUT2D eigenvalue weighted by atomic mass is 10.1. The normalized spacial score (nSPS) is 10.3. The zero-order chi connectivity index (χ0) is 20.8. The van der Waals surface area contributed by atoms with Crippen LogP contribution in [0.25, 0.3) is 0 Å². The molecule has 0 saturated carbocycles. The van der Waals surface area contributed by atoms with Crippen LogP contribution < -0.4 is 15.4 Å². The Balaban J connectivity index is 1.59. The maximum atomic E-state index is 12.4. The van der Waals surface area contributed by atoms with Crippen molar-refractivity contribution in [3.63, 3.8) is 0 Å². The van der Waals surface area contributed by atoms with E-state index < -0.39 is 0 Å². The monoisotopic (exact) mass is 408 g/mol. The number of anilines is 2. The first kappa shape index (κ1) is 20.4. The first-order chi connectivity index (χ1) is 13.9. The molecule has 0 fully saturated rings. The lowest BCUT2D eigenvalue weighted by Crippen LogP contribution is -2.20. The maximum absolute atomic E-state index is 12.4. The van der Waals surface area contributed by atoms with E-state index in [2.05, 4.69) is 10.6 Å². The van der Waals surface area contributed by atoms with E-state index in [0.29, 0.717) is 27.7 Å². The molecule has 2 amide bonds. The highest BCUT2D eigenvalue weighted by atomic mass is 35.5. The Morgan fingerprint density at radius 1 is 0.862 bits per heavy atom. The number of carbonyl (C=O) groups is 2. The summed E-state index contributed by atoms with van der Waals surface area (Å²) in [6, 6.07) is 19.5.